The predicted octanol–water partition coefficient (Wildman–Crippen LogP) is 5.88. The molecule has 1 atom stereocenters. The third kappa shape index (κ3) is 3.08. The molecule has 0 fully saturated rings. The van der Waals surface area contributed by atoms with Crippen molar-refractivity contribution in [3.05, 3.63) is 57.8 Å². The quantitative estimate of drug-likeness (QED) is 0.611. The number of benzene rings is 1. The first kappa shape index (κ1) is 16.3. The molecule has 0 radical (unpaired) electrons. The number of rotatable bonds is 3. The van der Waals surface area contributed by atoms with E-state index in [0.717, 1.165) is 0 Å². The summed E-state index contributed by atoms with van der Waals surface area (Å²) in [5.41, 5.74) is 5.87. The molecule has 0 N–H and O–H groups in total. The van der Waals surface area contributed by atoms with Crippen molar-refractivity contribution in [2.24, 2.45) is 5.92 Å². The summed E-state index contributed by atoms with van der Waals surface area (Å²) in [5, 5.41) is 1.60. The van der Waals surface area contributed by atoms with E-state index in [0.29, 0.717) is 5.92 Å². The van der Waals surface area contributed by atoms with Gasteiger partial charge in [0.05, 0.1) is 8.07 Å². The van der Waals surface area contributed by atoms with Crippen LogP contribution in [0.4, 0.5) is 0 Å². The van der Waals surface area contributed by atoms with Crippen molar-refractivity contribution in [1.29, 1.82) is 0 Å². The molecule has 0 spiro atoms. The van der Waals surface area contributed by atoms with Gasteiger partial charge in [0, 0.05) is 5.92 Å². The lowest BCUT2D eigenvalue weighted by atomic mass is 9.73. The van der Waals surface area contributed by atoms with Crippen LogP contribution in [0.1, 0.15) is 36.1 Å². The molecule has 1 heteroatoms. The van der Waals surface area contributed by atoms with Gasteiger partial charge >= 0.3 is 0 Å². The second-order valence-corrected chi connectivity index (χ2v) is 13.3. The van der Waals surface area contributed by atoms with Gasteiger partial charge < -0.3 is 0 Å². The fourth-order valence-electron chi connectivity index (χ4n) is 3.06. The molecule has 1 unspecified atom stereocenters. The van der Waals surface area contributed by atoms with E-state index in [1.807, 2.05) is 0 Å². The van der Waals surface area contributed by atoms with Crippen molar-refractivity contribution in [2.45, 2.75) is 59.7 Å². The summed E-state index contributed by atoms with van der Waals surface area (Å²) in [6, 6.07) is 4.77. The smallest absolute Gasteiger partial charge is 0.0771 e. The number of allylic oxidation sites excluding steroid dienone is 4. The normalized spacial score (nSPS) is 19.0. The number of aryl methyl sites for hydroxylation is 2. The Hall–Kier alpha value is -1.08. The largest absolute Gasteiger partial charge is 0.0775 e. The molecule has 1 aliphatic rings. The third-order valence-corrected chi connectivity index (χ3v) is 7.28. The fourth-order valence-corrected chi connectivity index (χ4v) is 4.34. The zero-order chi connectivity index (χ0) is 16.0. The summed E-state index contributed by atoms with van der Waals surface area (Å²) in [5.74, 6) is 0.515. The first-order valence-electron chi connectivity index (χ1n) is 8.02. The summed E-state index contributed by atoms with van der Waals surface area (Å²) in [6.07, 6.45) is 7.32. The molecule has 1 aromatic rings. The molecule has 2 rings (SSSR count). The minimum absolute atomic E-state index is 0.154. The van der Waals surface area contributed by atoms with Gasteiger partial charge in [0.15, 0.2) is 0 Å². The second-order valence-electron chi connectivity index (χ2n) is 8.21. The van der Waals surface area contributed by atoms with Gasteiger partial charge in [0.25, 0.3) is 0 Å². The van der Waals surface area contributed by atoms with Crippen LogP contribution >= 0.6 is 0 Å². The molecule has 1 aromatic carbocycles. The van der Waals surface area contributed by atoms with Crippen molar-refractivity contribution in [3.8, 4) is 0 Å². The van der Waals surface area contributed by atoms with E-state index in [1.54, 1.807) is 5.20 Å². The first-order valence-corrected chi connectivity index (χ1v) is 11.5. The Labute approximate surface area is 132 Å². The predicted molar refractivity (Wildman–Crippen MR) is 97.7 cm³/mol. The van der Waals surface area contributed by atoms with Crippen molar-refractivity contribution in [2.75, 3.05) is 0 Å². The van der Waals surface area contributed by atoms with Crippen LogP contribution in [0.15, 0.2) is 35.6 Å². The maximum Gasteiger partial charge on any atom is 0.0771 e. The first-order chi connectivity index (χ1) is 9.53. The number of hydrogen-bond acceptors (Lipinski definition) is 0. The molecule has 21 heavy (non-hydrogen) atoms. The Morgan fingerprint density at radius 3 is 1.90 bits per heavy atom. The van der Waals surface area contributed by atoms with Crippen molar-refractivity contribution in [3.63, 3.8) is 0 Å². The van der Waals surface area contributed by atoms with Crippen LogP contribution in [0, 0.1) is 26.7 Å². The summed E-state index contributed by atoms with van der Waals surface area (Å²) >= 11 is 0. The van der Waals surface area contributed by atoms with Crippen LogP contribution in [0.2, 0.25) is 19.6 Å². The highest BCUT2D eigenvalue weighted by Crippen LogP contribution is 2.39. The van der Waals surface area contributed by atoms with Gasteiger partial charge in [-0.15, -0.1) is 0 Å². The van der Waals surface area contributed by atoms with Gasteiger partial charge in [0.1, 0.15) is 0 Å². The summed E-state index contributed by atoms with van der Waals surface area (Å²) in [7, 11) is -1.20. The summed E-state index contributed by atoms with van der Waals surface area (Å²) < 4.78 is 0. The fraction of sp³-hybridized carbons (Fsp3) is 0.500. The molecule has 0 aliphatic heterocycles. The summed E-state index contributed by atoms with van der Waals surface area (Å²) in [4.78, 5) is 0. The minimum atomic E-state index is -1.20. The Balaban J connectivity index is 2.41. The van der Waals surface area contributed by atoms with E-state index in [2.05, 4.69) is 84.6 Å². The molecule has 0 heterocycles. The standard InChI is InChI=1S/C20H30Si/c1-14-11-18(12-15(2)16(14)3)20(4,5)17-9-10-19(13-17)21(6,7)8/h9-13,17H,1-8H3. The Morgan fingerprint density at radius 1 is 0.952 bits per heavy atom. The molecule has 0 bridgehead atoms. The average Bonchev–Trinajstić information content (AvgIpc) is 2.85. The molecule has 1 aliphatic carbocycles. The topological polar surface area (TPSA) is 0 Å². The molecule has 114 valence electrons. The zero-order valence-electron chi connectivity index (χ0n) is 15.0. The lowest BCUT2D eigenvalue weighted by Crippen LogP contribution is -2.27. The molecule has 0 nitrogen and oxygen atoms in total. The molecular formula is C20H30Si. The van der Waals surface area contributed by atoms with Crippen LogP contribution in [0.3, 0.4) is 0 Å². The van der Waals surface area contributed by atoms with E-state index in [1.165, 1.54) is 22.3 Å². The minimum Gasteiger partial charge on any atom is -0.0775 e. The van der Waals surface area contributed by atoms with Crippen LogP contribution in [-0.4, -0.2) is 8.07 Å². The Kier molecular flexibility index (Phi) is 4.09. The van der Waals surface area contributed by atoms with Gasteiger partial charge in [-0.05, 0) is 48.4 Å². The van der Waals surface area contributed by atoms with Crippen LogP contribution in [0.25, 0.3) is 0 Å². The highest BCUT2D eigenvalue weighted by atomic mass is 28.3. The van der Waals surface area contributed by atoms with Crippen LogP contribution in [0.5, 0.6) is 0 Å². The zero-order valence-corrected chi connectivity index (χ0v) is 16.0. The van der Waals surface area contributed by atoms with Crippen LogP contribution < -0.4 is 0 Å². The highest BCUT2D eigenvalue weighted by Gasteiger charge is 2.33. The monoisotopic (exact) mass is 298 g/mol. The second kappa shape index (κ2) is 5.28. The van der Waals surface area contributed by atoms with E-state index in [-0.39, 0.29) is 5.41 Å². The maximum atomic E-state index is 2.52. The Bertz CT molecular complexity index is 586. The van der Waals surface area contributed by atoms with Gasteiger partial charge in [-0.2, -0.15) is 0 Å². The SMILES string of the molecule is Cc1cc(C(C)(C)C2C=CC([Si](C)(C)C)=C2)cc(C)c1C. The lowest BCUT2D eigenvalue weighted by molar-refractivity contribution is 0.447. The van der Waals surface area contributed by atoms with Crippen LogP contribution in [-0.2, 0) is 5.41 Å². The molecular weight excluding hydrogens is 268 g/mol. The van der Waals surface area contributed by atoms with E-state index < -0.39 is 8.07 Å². The van der Waals surface area contributed by atoms with Crippen molar-refractivity contribution >= 4 is 8.07 Å². The van der Waals surface area contributed by atoms with E-state index >= 15 is 0 Å². The molecule has 0 amide bonds. The lowest BCUT2D eigenvalue weighted by Gasteiger charge is -2.31. The van der Waals surface area contributed by atoms with Gasteiger partial charge in [0.2, 0.25) is 0 Å². The van der Waals surface area contributed by atoms with Gasteiger partial charge in [-0.1, -0.05) is 69.0 Å². The Morgan fingerprint density at radius 2 is 1.48 bits per heavy atom. The van der Waals surface area contributed by atoms with Gasteiger partial charge in [-0.25, -0.2) is 0 Å². The highest BCUT2D eigenvalue weighted by molar-refractivity contribution is 6.83. The van der Waals surface area contributed by atoms with Crippen molar-refractivity contribution in [1.82, 2.24) is 0 Å². The molecule has 0 aromatic heterocycles. The maximum absolute atomic E-state index is 2.52. The van der Waals surface area contributed by atoms with E-state index in [4.69, 9.17) is 0 Å². The molecule has 0 saturated carbocycles. The molecule has 0 saturated heterocycles. The van der Waals surface area contributed by atoms with Crippen molar-refractivity contribution < 1.29 is 0 Å². The van der Waals surface area contributed by atoms with E-state index in [9.17, 15) is 0 Å². The van der Waals surface area contributed by atoms with Gasteiger partial charge in [-0.3, -0.25) is 0 Å². The summed E-state index contributed by atoms with van der Waals surface area (Å²) in [6.45, 7) is 18.7. The number of hydrogen-bond donors (Lipinski definition) is 0. The average molecular weight is 299 g/mol. The third-order valence-electron chi connectivity index (χ3n) is 5.21.